The van der Waals surface area contributed by atoms with E-state index in [0.29, 0.717) is 28.1 Å². The Kier molecular flexibility index (Phi) is 6.40. The quantitative estimate of drug-likeness (QED) is 0.897. The van der Waals surface area contributed by atoms with E-state index in [1.165, 1.54) is 0 Å². The lowest BCUT2D eigenvalue weighted by molar-refractivity contribution is 0.0929. The van der Waals surface area contributed by atoms with Crippen LogP contribution in [0.2, 0.25) is 10.0 Å². The van der Waals surface area contributed by atoms with Gasteiger partial charge in [-0.15, -0.1) is 12.4 Å². The smallest absolute Gasteiger partial charge is 0.251 e. The van der Waals surface area contributed by atoms with Gasteiger partial charge in [-0.3, -0.25) is 4.79 Å². The second-order valence-corrected chi connectivity index (χ2v) is 5.45. The van der Waals surface area contributed by atoms with Crippen molar-refractivity contribution in [3.63, 3.8) is 0 Å². The van der Waals surface area contributed by atoms with Gasteiger partial charge in [-0.25, -0.2) is 0 Å². The number of nitrogens with two attached hydrogens (primary N) is 1. The van der Waals surface area contributed by atoms with Crippen molar-refractivity contribution in [2.24, 2.45) is 11.7 Å². The van der Waals surface area contributed by atoms with Gasteiger partial charge in [-0.2, -0.15) is 0 Å². The van der Waals surface area contributed by atoms with E-state index in [9.17, 15) is 4.79 Å². The van der Waals surface area contributed by atoms with Crippen LogP contribution in [0.15, 0.2) is 18.2 Å². The minimum Gasteiger partial charge on any atom is -0.349 e. The molecule has 1 fully saturated rings. The van der Waals surface area contributed by atoms with Crippen molar-refractivity contribution in [3.8, 4) is 0 Å². The fourth-order valence-electron chi connectivity index (χ4n) is 2.40. The van der Waals surface area contributed by atoms with Gasteiger partial charge in [0, 0.05) is 11.6 Å². The van der Waals surface area contributed by atoms with E-state index in [0.717, 1.165) is 19.3 Å². The predicted octanol–water partition coefficient (Wildman–Crippen LogP) is 3.27. The SMILES string of the molecule is Cl.NCC1CCCC1NC(=O)c1ccc(Cl)c(Cl)c1. The van der Waals surface area contributed by atoms with Gasteiger partial charge in [0.05, 0.1) is 10.0 Å². The number of halogens is 3. The molecular weight excluding hydrogens is 307 g/mol. The largest absolute Gasteiger partial charge is 0.349 e. The molecule has 106 valence electrons. The molecule has 3 N–H and O–H groups in total. The molecule has 19 heavy (non-hydrogen) atoms. The fraction of sp³-hybridized carbons (Fsp3) is 0.462. The molecule has 0 heterocycles. The highest BCUT2D eigenvalue weighted by Gasteiger charge is 2.27. The van der Waals surface area contributed by atoms with E-state index >= 15 is 0 Å². The Hall–Kier alpha value is -0.480. The number of carbonyl (C=O) groups excluding carboxylic acids is 1. The third-order valence-electron chi connectivity index (χ3n) is 3.46. The van der Waals surface area contributed by atoms with Crippen LogP contribution in [0.1, 0.15) is 29.6 Å². The summed E-state index contributed by atoms with van der Waals surface area (Å²) in [6.07, 6.45) is 3.20. The second-order valence-electron chi connectivity index (χ2n) is 4.64. The van der Waals surface area contributed by atoms with Crippen LogP contribution < -0.4 is 11.1 Å². The number of amides is 1. The summed E-state index contributed by atoms with van der Waals surface area (Å²) in [5, 5.41) is 3.87. The summed E-state index contributed by atoms with van der Waals surface area (Å²) in [7, 11) is 0. The molecule has 0 radical (unpaired) electrons. The summed E-state index contributed by atoms with van der Waals surface area (Å²) >= 11 is 11.7. The van der Waals surface area contributed by atoms with E-state index in [2.05, 4.69) is 5.32 Å². The predicted molar refractivity (Wildman–Crippen MR) is 81.4 cm³/mol. The number of hydrogen-bond acceptors (Lipinski definition) is 2. The van der Waals surface area contributed by atoms with Crippen molar-refractivity contribution >= 4 is 41.5 Å². The zero-order valence-corrected chi connectivity index (χ0v) is 12.7. The molecule has 2 unspecified atom stereocenters. The average molecular weight is 324 g/mol. The van der Waals surface area contributed by atoms with Gasteiger partial charge in [0.25, 0.3) is 5.91 Å². The van der Waals surface area contributed by atoms with Crippen molar-refractivity contribution in [2.45, 2.75) is 25.3 Å². The Labute approximate surface area is 129 Å². The minimum absolute atomic E-state index is 0. The molecule has 1 aliphatic carbocycles. The van der Waals surface area contributed by atoms with Crippen LogP contribution in [-0.4, -0.2) is 18.5 Å². The molecular formula is C13H17Cl3N2O. The third kappa shape index (κ3) is 3.99. The molecule has 2 rings (SSSR count). The van der Waals surface area contributed by atoms with Gasteiger partial charge in [0.1, 0.15) is 0 Å². The lowest BCUT2D eigenvalue weighted by atomic mass is 10.0. The van der Waals surface area contributed by atoms with Crippen molar-refractivity contribution < 1.29 is 4.79 Å². The Morgan fingerprint density at radius 2 is 2.05 bits per heavy atom. The molecule has 1 aromatic carbocycles. The molecule has 0 aliphatic heterocycles. The normalized spacial score (nSPS) is 21.8. The first kappa shape index (κ1) is 16.6. The number of benzene rings is 1. The van der Waals surface area contributed by atoms with Crippen molar-refractivity contribution in [1.82, 2.24) is 5.32 Å². The van der Waals surface area contributed by atoms with Gasteiger partial charge in [0.2, 0.25) is 0 Å². The molecule has 1 aliphatic rings. The first-order chi connectivity index (χ1) is 8.61. The molecule has 0 saturated heterocycles. The van der Waals surface area contributed by atoms with Crippen LogP contribution in [-0.2, 0) is 0 Å². The molecule has 3 nitrogen and oxygen atoms in total. The van der Waals surface area contributed by atoms with Crippen LogP contribution in [0.3, 0.4) is 0 Å². The van der Waals surface area contributed by atoms with Crippen LogP contribution in [0, 0.1) is 5.92 Å². The van der Waals surface area contributed by atoms with Crippen LogP contribution in [0.4, 0.5) is 0 Å². The summed E-state index contributed by atoms with van der Waals surface area (Å²) in [6.45, 7) is 0.617. The standard InChI is InChI=1S/C13H16Cl2N2O.ClH/c14-10-5-4-8(6-11(10)15)13(18)17-12-3-1-2-9(12)7-16;/h4-6,9,12H,1-3,7,16H2,(H,17,18);1H. The molecule has 6 heteroatoms. The van der Waals surface area contributed by atoms with Gasteiger partial charge in [-0.1, -0.05) is 29.6 Å². The maximum Gasteiger partial charge on any atom is 0.251 e. The second kappa shape index (κ2) is 7.34. The van der Waals surface area contributed by atoms with Crippen molar-refractivity contribution in [2.75, 3.05) is 6.54 Å². The van der Waals surface area contributed by atoms with Gasteiger partial charge in [-0.05, 0) is 43.5 Å². The zero-order valence-electron chi connectivity index (χ0n) is 10.4. The van der Waals surface area contributed by atoms with E-state index in [-0.39, 0.29) is 24.4 Å². The van der Waals surface area contributed by atoms with Crippen molar-refractivity contribution in [1.29, 1.82) is 0 Å². The van der Waals surface area contributed by atoms with E-state index < -0.39 is 0 Å². The first-order valence-corrected chi connectivity index (χ1v) is 6.83. The van der Waals surface area contributed by atoms with E-state index in [1.807, 2.05) is 0 Å². The molecule has 0 aromatic heterocycles. The van der Waals surface area contributed by atoms with Gasteiger partial charge in [0.15, 0.2) is 0 Å². The number of nitrogens with one attached hydrogen (secondary N) is 1. The summed E-state index contributed by atoms with van der Waals surface area (Å²) in [5.74, 6) is 0.274. The lowest BCUT2D eigenvalue weighted by Gasteiger charge is -2.19. The highest BCUT2D eigenvalue weighted by molar-refractivity contribution is 6.42. The summed E-state index contributed by atoms with van der Waals surface area (Å²) in [6, 6.07) is 5.08. The number of rotatable bonds is 3. The molecule has 1 saturated carbocycles. The number of carbonyl (C=O) groups is 1. The van der Waals surface area contributed by atoms with E-state index in [4.69, 9.17) is 28.9 Å². The summed E-state index contributed by atoms with van der Waals surface area (Å²) < 4.78 is 0. The Balaban J connectivity index is 0.00000180. The summed E-state index contributed by atoms with van der Waals surface area (Å²) in [4.78, 5) is 12.1. The van der Waals surface area contributed by atoms with Crippen LogP contribution in [0.5, 0.6) is 0 Å². The fourth-order valence-corrected chi connectivity index (χ4v) is 2.70. The first-order valence-electron chi connectivity index (χ1n) is 6.08. The van der Waals surface area contributed by atoms with Gasteiger partial charge < -0.3 is 11.1 Å². The summed E-state index contributed by atoms with van der Waals surface area (Å²) in [5.41, 5.74) is 6.23. The maximum absolute atomic E-state index is 12.1. The van der Waals surface area contributed by atoms with Crippen molar-refractivity contribution in [3.05, 3.63) is 33.8 Å². The monoisotopic (exact) mass is 322 g/mol. The lowest BCUT2D eigenvalue weighted by Crippen LogP contribution is -2.39. The highest BCUT2D eigenvalue weighted by atomic mass is 35.5. The Bertz CT molecular complexity index is 454. The maximum atomic E-state index is 12.1. The molecule has 2 atom stereocenters. The topological polar surface area (TPSA) is 55.1 Å². The molecule has 1 aromatic rings. The molecule has 0 spiro atoms. The average Bonchev–Trinajstić information content (AvgIpc) is 2.79. The third-order valence-corrected chi connectivity index (χ3v) is 4.20. The van der Waals surface area contributed by atoms with E-state index in [1.54, 1.807) is 18.2 Å². The molecule has 0 bridgehead atoms. The van der Waals surface area contributed by atoms with Crippen LogP contribution >= 0.6 is 35.6 Å². The molecule has 1 amide bonds. The minimum atomic E-state index is -0.112. The highest BCUT2D eigenvalue weighted by Crippen LogP contribution is 2.26. The van der Waals surface area contributed by atoms with Gasteiger partial charge >= 0.3 is 0 Å². The Morgan fingerprint density at radius 3 is 2.68 bits per heavy atom. The zero-order chi connectivity index (χ0) is 13.1. The number of hydrogen-bond donors (Lipinski definition) is 2. The van der Waals surface area contributed by atoms with Crippen LogP contribution in [0.25, 0.3) is 0 Å². The Morgan fingerprint density at radius 1 is 1.32 bits per heavy atom.